The van der Waals surface area contributed by atoms with Crippen molar-refractivity contribution in [3.05, 3.63) is 51.8 Å². The van der Waals surface area contributed by atoms with Gasteiger partial charge in [-0.05, 0) is 31.5 Å². The molecule has 0 radical (unpaired) electrons. The molecule has 1 aromatic heterocycles. The lowest BCUT2D eigenvalue weighted by molar-refractivity contribution is 1.23. The van der Waals surface area contributed by atoms with E-state index in [0.29, 0.717) is 0 Å². The summed E-state index contributed by atoms with van der Waals surface area (Å²) in [4.78, 5) is 14.2. The van der Waals surface area contributed by atoms with Crippen molar-refractivity contribution in [3.8, 4) is 11.3 Å². The Morgan fingerprint density at radius 2 is 1.88 bits per heavy atom. The molecule has 16 heavy (non-hydrogen) atoms. The molecule has 0 bridgehead atoms. The molecule has 0 atom stereocenters. The fraction of sp³-hybridized carbons (Fsp3) is 0.154. The predicted octanol–water partition coefficient (Wildman–Crippen LogP) is 2.24. The first-order valence-corrected chi connectivity index (χ1v) is 5.14. The molecule has 0 spiro atoms. The van der Waals surface area contributed by atoms with Gasteiger partial charge >= 0.3 is 0 Å². The van der Waals surface area contributed by atoms with Crippen molar-refractivity contribution in [1.82, 2.24) is 4.98 Å². The molecule has 0 aliphatic carbocycles. The lowest BCUT2D eigenvalue weighted by Crippen LogP contribution is -2.11. The Labute approximate surface area is 93.9 Å². The normalized spacial score (nSPS) is 10.4. The monoisotopic (exact) mass is 214 g/mol. The van der Waals surface area contributed by atoms with Gasteiger partial charge in [0.15, 0.2) is 0 Å². The van der Waals surface area contributed by atoms with Gasteiger partial charge in [-0.3, -0.25) is 4.79 Å². The first kappa shape index (κ1) is 10.5. The van der Waals surface area contributed by atoms with Gasteiger partial charge in [0.1, 0.15) is 0 Å². The number of nitrogens with one attached hydrogen (secondary N) is 1. The Balaban J connectivity index is 2.59. The average molecular weight is 214 g/mol. The van der Waals surface area contributed by atoms with Crippen molar-refractivity contribution < 1.29 is 0 Å². The second-order valence-corrected chi connectivity index (χ2v) is 3.97. The molecule has 2 aromatic rings. The van der Waals surface area contributed by atoms with Gasteiger partial charge in [-0.2, -0.15) is 0 Å². The summed E-state index contributed by atoms with van der Waals surface area (Å²) < 4.78 is 0. The van der Waals surface area contributed by atoms with E-state index in [0.717, 1.165) is 16.8 Å². The van der Waals surface area contributed by atoms with Gasteiger partial charge in [0, 0.05) is 11.3 Å². The standard InChI is InChI=1S/C13H14N2O/c1-8-3-4-10(9(2)7-8)12-6-5-11(14)13(16)15-12/h3-7H,14H2,1-2H3,(H,15,16). The minimum atomic E-state index is -0.238. The van der Waals surface area contributed by atoms with Gasteiger partial charge in [0.25, 0.3) is 5.56 Å². The van der Waals surface area contributed by atoms with E-state index in [1.165, 1.54) is 5.56 Å². The summed E-state index contributed by atoms with van der Waals surface area (Å²) in [6, 6.07) is 9.58. The SMILES string of the molecule is Cc1ccc(-c2ccc(N)c(=O)[nH]2)c(C)c1. The van der Waals surface area contributed by atoms with E-state index in [9.17, 15) is 4.79 Å². The minimum absolute atomic E-state index is 0.238. The maximum absolute atomic E-state index is 11.4. The highest BCUT2D eigenvalue weighted by atomic mass is 16.1. The number of nitrogen functional groups attached to an aromatic ring is 1. The van der Waals surface area contributed by atoms with Crippen molar-refractivity contribution in [2.75, 3.05) is 5.73 Å². The summed E-state index contributed by atoms with van der Waals surface area (Å²) in [6.45, 7) is 4.07. The summed E-state index contributed by atoms with van der Waals surface area (Å²) >= 11 is 0. The van der Waals surface area contributed by atoms with Crippen LogP contribution in [0.4, 0.5) is 5.69 Å². The Morgan fingerprint density at radius 1 is 1.12 bits per heavy atom. The van der Waals surface area contributed by atoms with Crippen LogP contribution in [0.3, 0.4) is 0 Å². The second kappa shape index (κ2) is 3.85. The smallest absolute Gasteiger partial charge is 0.271 e. The van der Waals surface area contributed by atoms with Crippen molar-refractivity contribution in [2.45, 2.75) is 13.8 Å². The Morgan fingerprint density at radius 3 is 2.50 bits per heavy atom. The molecule has 2 rings (SSSR count). The molecule has 0 saturated carbocycles. The number of benzene rings is 1. The number of aromatic nitrogens is 1. The first-order chi connectivity index (χ1) is 7.58. The van der Waals surface area contributed by atoms with Crippen LogP contribution in [0.25, 0.3) is 11.3 Å². The van der Waals surface area contributed by atoms with Gasteiger partial charge in [-0.1, -0.05) is 23.8 Å². The molecule has 3 heteroatoms. The number of anilines is 1. The van der Waals surface area contributed by atoms with Crippen LogP contribution in [-0.2, 0) is 0 Å². The van der Waals surface area contributed by atoms with Crippen LogP contribution in [0.1, 0.15) is 11.1 Å². The Hall–Kier alpha value is -2.03. The number of aromatic amines is 1. The summed E-state index contributed by atoms with van der Waals surface area (Å²) in [6.07, 6.45) is 0. The van der Waals surface area contributed by atoms with E-state index in [2.05, 4.69) is 11.1 Å². The second-order valence-electron chi connectivity index (χ2n) is 3.97. The molecule has 3 N–H and O–H groups in total. The lowest BCUT2D eigenvalue weighted by Gasteiger charge is -2.07. The van der Waals surface area contributed by atoms with Gasteiger partial charge in [0.2, 0.25) is 0 Å². The molecule has 0 unspecified atom stereocenters. The van der Waals surface area contributed by atoms with Gasteiger partial charge < -0.3 is 10.7 Å². The van der Waals surface area contributed by atoms with Crippen molar-refractivity contribution in [3.63, 3.8) is 0 Å². The van der Waals surface area contributed by atoms with E-state index in [1.54, 1.807) is 6.07 Å². The number of pyridine rings is 1. The number of nitrogens with two attached hydrogens (primary N) is 1. The van der Waals surface area contributed by atoms with Gasteiger partial charge in [-0.15, -0.1) is 0 Å². The number of H-pyrrole nitrogens is 1. The van der Waals surface area contributed by atoms with Crippen LogP contribution in [0.5, 0.6) is 0 Å². The van der Waals surface area contributed by atoms with Gasteiger partial charge in [0.05, 0.1) is 5.69 Å². The van der Waals surface area contributed by atoms with E-state index < -0.39 is 0 Å². The lowest BCUT2D eigenvalue weighted by atomic mass is 10.0. The molecule has 0 aliphatic heterocycles. The number of rotatable bonds is 1. The van der Waals surface area contributed by atoms with Gasteiger partial charge in [-0.25, -0.2) is 0 Å². The maximum Gasteiger partial charge on any atom is 0.271 e. The topological polar surface area (TPSA) is 58.9 Å². The summed E-state index contributed by atoms with van der Waals surface area (Å²) in [7, 11) is 0. The van der Waals surface area contributed by atoms with Crippen molar-refractivity contribution in [1.29, 1.82) is 0 Å². The molecule has 1 heterocycles. The van der Waals surface area contributed by atoms with Crippen LogP contribution in [0, 0.1) is 13.8 Å². The quantitative estimate of drug-likeness (QED) is 0.764. The van der Waals surface area contributed by atoms with Crippen LogP contribution in [0.15, 0.2) is 35.1 Å². The molecule has 0 saturated heterocycles. The average Bonchev–Trinajstić information content (AvgIpc) is 2.22. The van der Waals surface area contributed by atoms with Crippen molar-refractivity contribution >= 4 is 5.69 Å². The number of hydrogen-bond donors (Lipinski definition) is 2. The minimum Gasteiger partial charge on any atom is -0.394 e. The molecule has 82 valence electrons. The molecule has 0 amide bonds. The zero-order chi connectivity index (χ0) is 11.7. The molecule has 1 aromatic carbocycles. The highest BCUT2D eigenvalue weighted by molar-refractivity contribution is 5.64. The first-order valence-electron chi connectivity index (χ1n) is 5.14. The van der Waals surface area contributed by atoms with Crippen LogP contribution < -0.4 is 11.3 Å². The molecular weight excluding hydrogens is 200 g/mol. The zero-order valence-corrected chi connectivity index (χ0v) is 9.37. The third kappa shape index (κ3) is 1.84. The van der Waals surface area contributed by atoms with Crippen LogP contribution >= 0.6 is 0 Å². The molecule has 0 aliphatic rings. The molecule has 3 nitrogen and oxygen atoms in total. The van der Waals surface area contributed by atoms with Crippen molar-refractivity contribution in [2.24, 2.45) is 0 Å². The van der Waals surface area contributed by atoms with E-state index in [1.807, 2.05) is 32.0 Å². The Kier molecular flexibility index (Phi) is 2.52. The fourth-order valence-corrected chi connectivity index (χ4v) is 1.76. The highest BCUT2D eigenvalue weighted by Crippen LogP contribution is 2.21. The summed E-state index contributed by atoms with van der Waals surface area (Å²) in [5.74, 6) is 0. The largest absolute Gasteiger partial charge is 0.394 e. The number of hydrogen-bond acceptors (Lipinski definition) is 2. The molecular formula is C13H14N2O. The summed E-state index contributed by atoms with van der Waals surface area (Å²) in [5, 5.41) is 0. The van der Waals surface area contributed by atoms with E-state index in [4.69, 9.17) is 5.73 Å². The predicted molar refractivity (Wildman–Crippen MR) is 66.4 cm³/mol. The fourth-order valence-electron chi connectivity index (χ4n) is 1.76. The Bertz CT molecular complexity index is 585. The van der Waals surface area contributed by atoms with Crippen LogP contribution in [-0.4, -0.2) is 4.98 Å². The third-order valence-corrected chi connectivity index (χ3v) is 2.61. The van der Waals surface area contributed by atoms with E-state index >= 15 is 0 Å². The summed E-state index contributed by atoms with van der Waals surface area (Å²) in [5.41, 5.74) is 9.67. The highest BCUT2D eigenvalue weighted by Gasteiger charge is 2.03. The maximum atomic E-state index is 11.4. The molecule has 0 fully saturated rings. The van der Waals surface area contributed by atoms with Crippen LogP contribution in [0.2, 0.25) is 0 Å². The zero-order valence-electron chi connectivity index (χ0n) is 9.37. The number of aryl methyl sites for hydroxylation is 2. The third-order valence-electron chi connectivity index (χ3n) is 2.61. The van der Waals surface area contributed by atoms with E-state index in [-0.39, 0.29) is 11.2 Å².